The monoisotopic (exact) mass is 306 g/mol. The van der Waals surface area contributed by atoms with E-state index in [4.69, 9.17) is 4.74 Å². The first-order valence-electron chi connectivity index (χ1n) is 7.27. The highest BCUT2D eigenvalue weighted by Crippen LogP contribution is 2.27. The van der Waals surface area contributed by atoms with Crippen molar-refractivity contribution in [1.29, 1.82) is 0 Å². The van der Waals surface area contributed by atoms with Crippen LogP contribution in [0.2, 0.25) is 0 Å². The van der Waals surface area contributed by atoms with Gasteiger partial charge in [-0.25, -0.2) is 9.37 Å². The van der Waals surface area contributed by atoms with Crippen LogP contribution in [0.1, 0.15) is 24.3 Å². The topological polar surface area (TPSA) is 25.4 Å². The minimum absolute atomic E-state index is 0.266. The molecule has 3 nitrogen and oxygen atoms in total. The third-order valence-corrected chi connectivity index (χ3v) is 4.64. The molecule has 0 aliphatic carbocycles. The second-order valence-corrected chi connectivity index (χ2v) is 6.26. The van der Waals surface area contributed by atoms with Crippen LogP contribution in [0.4, 0.5) is 4.39 Å². The maximum Gasteiger partial charge on any atom is 0.165 e. The lowest BCUT2D eigenvalue weighted by atomic mass is 10.1. The van der Waals surface area contributed by atoms with Gasteiger partial charge < -0.3 is 4.74 Å². The zero-order valence-corrected chi connectivity index (χ0v) is 13.0. The van der Waals surface area contributed by atoms with Crippen LogP contribution in [-0.2, 0) is 6.54 Å². The minimum atomic E-state index is -0.347. The molecular weight excluding hydrogens is 287 g/mol. The first-order valence-corrected chi connectivity index (χ1v) is 8.15. The highest BCUT2D eigenvalue weighted by atomic mass is 32.1. The van der Waals surface area contributed by atoms with Gasteiger partial charge in [-0.05, 0) is 44.1 Å². The highest BCUT2D eigenvalue weighted by Gasteiger charge is 2.13. The molecule has 0 unspecified atom stereocenters. The lowest BCUT2D eigenvalue weighted by molar-refractivity contribution is 0.220. The molecule has 0 atom stereocenters. The summed E-state index contributed by atoms with van der Waals surface area (Å²) in [6, 6.07) is 4.98. The van der Waals surface area contributed by atoms with Crippen LogP contribution in [0.3, 0.4) is 0 Å². The quantitative estimate of drug-likeness (QED) is 0.855. The summed E-state index contributed by atoms with van der Waals surface area (Å²) in [5.74, 6) is -0.0805. The van der Waals surface area contributed by atoms with Crippen LogP contribution >= 0.6 is 11.3 Å². The summed E-state index contributed by atoms with van der Waals surface area (Å²) in [5.41, 5.74) is 1.64. The SMILES string of the molecule is COc1ccc(-c2csc(CN3CCCCC3)n2)cc1F. The summed E-state index contributed by atoms with van der Waals surface area (Å²) in [6.07, 6.45) is 3.90. The van der Waals surface area contributed by atoms with Gasteiger partial charge in [0.25, 0.3) is 0 Å². The number of thiazole rings is 1. The second kappa shape index (κ2) is 6.54. The molecule has 0 spiro atoms. The van der Waals surface area contributed by atoms with E-state index >= 15 is 0 Å². The third-order valence-electron chi connectivity index (χ3n) is 3.81. The van der Waals surface area contributed by atoms with E-state index in [0.717, 1.165) is 35.9 Å². The van der Waals surface area contributed by atoms with E-state index in [-0.39, 0.29) is 11.6 Å². The van der Waals surface area contributed by atoms with Crippen LogP contribution in [0.5, 0.6) is 5.75 Å². The van der Waals surface area contributed by atoms with Gasteiger partial charge in [0, 0.05) is 10.9 Å². The van der Waals surface area contributed by atoms with E-state index in [0.29, 0.717) is 0 Å². The first kappa shape index (κ1) is 14.5. The van der Waals surface area contributed by atoms with E-state index in [1.165, 1.54) is 32.4 Å². The first-order chi connectivity index (χ1) is 10.3. The smallest absolute Gasteiger partial charge is 0.165 e. The van der Waals surface area contributed by atoms with Gasteiger partial charge >= 0.3 is 0 Å². The van der Waals surface area contributed by atoms with Crippen molar-refractivity contribution in [2.45, 2.75) is 25.8 Å². The number of nitrogens with zero attached hydrogens (tertiary/aromatic N) is 2. The van der Waals surface area contributed by atoms with Gasteiger partial charge in [-0.1, -0.05) is 6.42 Å². The van der Waals surface area contributed by atoms with E-state index in [2.05, 4.69) is 9.88 Å². The molecule has 21 heavy (non-hydrogen) atoms. The van der Waals surface area contributed by atoms with Gasteiger partial charge in [0.15, 0.2) is 11.6 Å². The number of likely N-dealkylation sites (tertiary alicyclic amines) is 1. The summed E-state index contributed by atoms with van der Waals surface area (Å²) in [4.78, 5) is 7.09. The number of hydrogen-bond donors (Lipinski definition) is 0. The molecule has 5 heteroatoms. The molecular formula is C16H19FN2OS. The van der Waals surface area contributed by atoms with Crippen molar-refractivity contribution in [3.05, 3.63) is 34.4 Å². The Bertz CT molecular complexity index is 608. The summed E-state index contributed by atoms with van der Waals surface area (Å²) < 4.78 is 18.7. The Morgan fingerprint density at radius 2 is 2.10 bits per heavy atom. The number of ether oxygens (including phenoxy) is 1. The van der Waals surface area contributed by atoms with Gasteiger partial charge in [0.05, 0.1) is 19.3 Å². The number of halogens is 1. The number of rotatable bonds is 4. The normalized spacial score (nSPS) is 16.1. The van der Waals surface area contributed by atoms with Crippen molar-refractivity contribution in [2.75, 3.05) is 20.2 Å². The maximum absolute atomic E-state index is 13.8. The molecule has 1 saturated heterocycles. The predicted octanol–water partition coefficient (Wildman–Crippen LogP) is 3.94. The van der Waals surface area contributed by atoms with Gasteiger partial charge in [-0.2, -0.15) is 0 Å². The van der Waals surface area contributed by atoms with Gasteiger partial charge in [-0.3, -0.25) is 4.90 Å². The molecule has 1 aromatic carbocycles. The van der Waals surface area contributed by atoms with Crippen LogP contribution in [0.25, 0.3) is 11.3 Å². The van der Waals surface area contributed by atoms with Crippen LogP contribution in [-0.4, -0.2) is 30.1 Å². The largest absolute Gasteiger partial charge is 0.494 e. The molecule has 0 amide bonds. The number of benzene rings is 1. The summed E-state index contributed by atoms with van der Waals surface area (Å²) in [7, 11) is 1.47. The number of hydrogen-bond acceptors (Lipinski definition) is 4. The number of aromatic nitrogens is 1. The Balaban J connectivity index is 1.73. The molecule has 1 aromatic heterocycles. The average molecular weight is 306 g/mol. The van der Waals surface area contributed by atoms with E-state index in [1.807, 2.05) is 11.4 Å². The molecule has 0 bridgehead atoms. The van der Waals surface area contributed by atoms with Crippen molar-refractivity contribution >= 4 is 11.3 Å². The predicted molar refractivity (Wildman–Crippen MR) is 83.2 cm³/mol. The molecule has 3 rings (SSSR count). The van der Waals surface area contributed by atoms with E-state index in [1.54, 1.807) is 17.4 Å². The lowest BCUT2D eigenvalue weighted by Gasteiger charge is -2.25. The zero-order valence-electron chi connectivity index (χ0n) is 12.1. The van der Waals surface area contributed by atoms with Crippen molar-refractivity contribution in [2.24, 2.45) is 0 Å². The summed E-state index contributed by atoms with van der Waals surface area (Å²) in [6.45, 7) is 3.22. The molecule has 1 aliphatic rings. The fourth-order valence-electron chi connectivity index (χ4n) is 2.65. The standard InChI is InChI=1S/C16H19FN2OS/c1-20-15-6-5-12(9-13(15)17)14-11-21-16(18-14)10-19-7-3-2-4-8-19/h5-6,9,11H,2-4,7-8,10H2,1H3. The second-order valence-electron chi connectivity index (χ2n) is 5.31. The zero-order chi connectivity index (χ0) is 14.7. The van der Waals surface area contributed by atoms with E-state index in [9.17, 15) is 4.39 Å². The molecule has 1 aliphatic heterocycles. The molecule has 112 valence electrons. The van der Waals surface area contributed by atoms with E-state index < -0.39 is 0 Å². The van der Waals surface area contributed by atoms with Crippen molar-refractivity contribution < 1.29 is 9.13 Å². The molecule has 0 saturated carbocycles. The number of piperidine rings is 1. The maximum atomic E-state index is 13.8. The minimum Gasteiger partial charge on any atom is -0.494 e. The molecule has 0 N–H and O–H groups in total. The number of methoxy groups -OCH3 is 1. The molecule has 1 fully saturated rings. The Kier molecular flexibility index (Phi) is 4.51. The Morgan fingerprint density at radius 1 is 1.29 bits per heavy atom. The third kappa shape index (κ3) is 3.41. The van der Waals surface area contributed by atoms with Gasteiger partial charge in [0.1, 0.15) is 5.01 Å². The van der Waals surface area contributed by atoms with Gasteiger partial charge in [-0.15, -0.1) is 11.3 Å². The van der Waals surface area contributed by atoms with Crippen LogP contribution in [0, 0.1) is 5.82 Å². The fraction of sp³-hybridized carbons (Fsp3) is 0.438. The molecule has 2 heterocycles. The van der Waals surface area contributed by atoms with Crippen LogP contribution in [0.15, 0.2) is 23.6 Å². The molecule has 2 aromatic rings. The summed E-state index contributed by atoms with van der Waals surface area (Å²) in [5, 5.41) is 3.10. The molecule has 0 radical (unpaired) electrons. The van der Waals surface area contributed by atoms with Gasteiger partial charge in [0.2, 0.25) is 0 Å². The fourth-order valence-corrected chi connectivity index (χ4v) is 3.50. The highest BCUT2D eigenvalue weighted by molar-refractivity contribution is 7.09. The average Bonchev–Trinajstić information content (AvgIpc) is 2.97. The van der Waals surface area contributed by atoms with Crippen molar-refractivity contribution in [3.63, 3.8) is 0 Å². The Morgan fingerprint density at radius 3 is 2.81 bits per heavy atom. The van der Waals surface area contributed by atoms with Crippen molar-refractivity contribution in [3.8, 4) is 17.0 Å². The summed E-state index contributed by atoms with van der Waals surface area (Å²) >= 11 is 1.65. The lowest BCUT2D eigenvalue weighted by Crippen LogP contribution is -2.28. The Hall–Kier alpha value is -1.46. The Labute approximate surface area is 128 Å². The van der Waals surface area contributed by atoms with Crippen LogP contribution < -0.4 is 4.74 Å². The van der Waals surface area contributed by atoms with Crippen molar-refractivity contribution in [1.82, 2.24) is 9.88 Å².